The molecule has 0 unspecified atom stereocenters. The third kappa shape index (κ3) is 2.12. The highest BCUT2D eigenvalue weighted by molar-refractivity contribution is 7.10. The molecule has 0 bridgehead atoms. The summed E-state index contributed by atoms with van der Waals surface area (Å²) < 4.78 is 14.1. The Morgan fingerprint density at radius 2 is 2.25 bits per heavy atom. The van der Waals surface area contributed by atoms with Crippen LogP contribution in [0.3, 0.4) is 0 Å². The van der Waals surface area contributed by atoms with Gasteiger partial charge in [0.25, 0.3) is 0 Å². The van der Waals surface area contributed by atoms with Crippen LogP contribution < -0.4 is 10.6 Å². The van der Waals surface area contributed by atoms with Gasteiger partial charge in [-0.15, -0.1) is 11.3 Å². The molecule has 2 aromatic rings. The predicted molar refractivity (Wildman–Crippen MR) is 76.8 cm³/mol. The van der Waals surface area contributed by atoms with E-state index in [-0.39, 0.29) is 11.3 Å². The summed E-state index contributed by atoms with van der Waals surface area (Å²) in [5, 5.41) is 11.1. The van der Waals surface area contributed by atoms with Crippen LogP contribution in [0.1, 0.15) is 20.8 Å². The van der Waals surface area contributed by atoms with Crippen LogP contribution >= 0.6 is 11.3 Å². The van der Waals surface area contributed by atoms with E-state index in [0.29, 0.717) is 18.8 Å². The number of nitrogen functional groups attached to an aromatic ring is 1. The fraction of sp³-hybridized carbons (Fsp3) is 0.214. The van der Waals surface area contributed by atoms with Crippen LogP contribution in [0.4, 0.5) is 15.8 Å². The summed E-state index contributed by atoms with van der Waals surface area (Å²) in [6, 6.07) is 4.44. The Morgan fingerprint density at radius 1 is 1.45 bits per heavy atom. The second kappa shape index (κ2) is 4.79. The number of anilines is 2. The van der Waals surface area contributed by atoms with Crippen LogP contribution in [0.15, 0.2) is 23.6 Å². The second-order valence-corrected chi connectivity index (χ2v) is 5.74. The lowest BCUT2D eigenvalue weighted by Gasteiger charge is -2.29. The van der Waals surface area contributed by atoms with E-state index in [1.54, 1.807) is 11.3 Å². The molecule has 1 aromatic heterocycles. The number of rotatable bonds is 2. The van der Waals surface area contributed by atoms with E-state index in [2.05, 4.69) is 0 Å². The monoisotopic (exact) mass is 292 g/mol. The zero-order valence-electron chi connectivity index (χ0n) is 10.6. The number of halogens is 1. The van der Waals surface area contributed by atoms with Crippen LogP contribution in [0.25, 0.3) is 0 Å². The van der Waals surface area contributed by atoms with Crippen molar-refractivity contribution in [1.29, 1.82) is 0 Å². The first kappa shape index (κ1) is 12.9. The molecule has 0 radical (unpaired) electrons. The molecule has 0 spiro atoms. The van der Waals surface area contributed by atoms with Crippen LogP contribution in [0.2, 0.25) is 0 Å². The molecule has 1 aliphatic heterocycles. The number of carboxylic acids is 1. The quantitative estimate of drug-likeness (QED) is 0.835. The number of carboxylic acid groups (broad SMARTS) is 1. The van der Waals surface area contributed by atoms with Crippen molar-refractivity contribution < 1.29 is 14.3 Å². The van der Waals surface area contributed by atoms with E-state index in [1.165, 1.54) is 16.5 Å². The number of thiophene rings is 1. The molecule has 1 aromatic carbocycles. The van der Waals surface area contributed by atoms with E-state index >= 15 is 0 Å². The Labute approximate surface area is 119 Å². The molecule has 104 valence electrons. The van der Waals surface area contributed by atoms with Gasteiger partial charge in [0, 0.05) is 23.7 Å². The van der Waals surface area contributed by atoms with Crippen molar-refractivity contribution in [3.63, 3.8) is 0 Å². The van der Waals surface area contributed by atoms with Gasteiger partial charge < -0.3 is 15.7 Å². The molecule has 0 aliphatic carbocycles. The number of aromatic carboxylic acids is 1. The minimum absolute atomic E-state index is 0.0491. The van der Waals surface area contributed by atoms with Gasteiger partial charge in [-0.1, -0.05) is 0 Å². The molecule has 2 heterocycles. The molecule has 4 nitrogen and oxygen atoms in total. The number of fused-ring (bicyclic) bond motifs is 1. The summed E-state index contributed by atoms with van der Waals surface area (Å²) in [6.07, 6.45) is 0.846. The molecule has 0 fully saturated rings. The third-order valence-corrected chi connectivity index (χ3v) is 4.52. The van der Waals surface area contributed by atoms with Crippen LogP contribution in [-0.4, -0.2) is 17.6 Å². The van der Waals surface area contributed by atoms with E-state index in [0.717, 1.165) is 12.5 Å². The van der Waals surface area contributed by atoms with Crippen LogP contribution in [0.5, 0.6) is 0 Å². The van der Waals surface area contributed by atoms with Gasteiger partial charge >= 0.3 is 5.97 Å². The third-order valence-electron chi connectivity index (χ3n) is 3.50. The van der Waals surface area contributed by atoms with Gasteiger partial charge in [0.05, 0.1) is 11.3 Å². The van der Waals surface area contributed by atoms with Crippen LogP contribution in [0, 0.1) is 5.82 Å². The first-order chi connectivity index (χ1) is 9.56. The minimum atomic E-state index is -1.14. The van der Waals surface area contributed by atoms with Gasteiger partial charge in [0.15, 0.2) is 0 Å². The summed E-state index contributed by atoms with van der Waals surface area (Å²) in [5.41, 5.74) is 6.91. The van der Waals surface area contributed by atoms with Crippen molar-refractivity contribution in [2.45, 2.75) is 13.0 Å². The first-order valence-corrected chi connectivity index (χ1v) is 7.06. The Morgan fingerprint density at radius 3 is 3.00 bits per heavy atom. The summed E-state index contributed by atoms with van der Waals surface area (Å²) in [4.78, 5) is 14.3. The lowest BCUT2D eigenvalue weighted by molar-refractivity contribution is 0.0698. The van der Waals surface area contributed by atoms with Gasteiger partial charge in [-0.2, -0.15) is 0 Å². The Hall–Kier alpha value is -2.08. The molecular formula is C14H13FN2O2S. The average molecular weight is 292 g/mol. The van der Waals surface area contributed by atoms with Crippen molar-refractivity contribution in [3.8, 4) is 0 Å². The zero-order chi connectivity index (χ0) is 14.3. The Balaban J connectivity index is 1.99. The van der Waals surface area contributed by atoms with Crippen molar-refractivity contribution in [1.82, 2.24) is 0 Å². The number of hydrogen-bond donors (Lipinski definition) is 2. The number of carbonyl (C=O) groups is 1. The van der Waals surface area contributed by atoms with Gasteiger partial charge in [0.2, 0.25) is 0 Å². The standard InChI is InChI=1S/C14H13FN2O2S/c15-10-6-11(16)9(14(18)19)5-12(10)17-3-1-13-8(7-17)2-4-20-13/h2,4-6H,1,3,7,16H2,(H,18,19). The SMILES string of the molecule is Nc1cc(F)c(N2CCc3sccc3C2)cc1C(=O)O. The van der Waals surface area contributed by atoms with E-state index < -0.39 is 11.8 Å². The molecule has 0 amide bonds. The summed E-state index contributed by atoms with van der Waals surface area (Å²) in [6.45, 7) is 1.27. The maximum atomic E-state index is 14.1. The first-order valence-electron chi connectivity index (χ1n) is 6.19. The highest BCUT2D eigenvalue weighted by Crippen LogP contribution is 2.31. The van der Waals surface area contributed by atoms with Crippen LogP contribution in [-0.2, 0) is 13.0 Å². The predicted octanol–water partition coefficient (Wildman–Crippen LogP) is 2.73. The average Bonchev–Trinajstić information content (AvgIpc) is 2.85. The van der Waals surface area contributed by atoms with Crippen molar-refractivity contribution in [2.24, 2.45) is 0 Å². The number of benzene rings is 1. The Bertz CT molecular complexity index is 684. The largest absolute Gasteiger partial charge is 0.478 e. The molecule has 3 N–H and O–H groups in total. The van der Waals surface area contributed by atoms with Gasteiger partial charge in [-0.3, -0.25) is 0 Å². The molecular weight excluding hydrogens is 279 g/mol. The van der Waals surface area contributed by atoms with Crippen molar-refractivity contribution in [3.05, 3.63) is 45.4 Å². The maximum absolute atomic E-state index is 14.1. The lowest BCUT2D eigenvalue weighted by atomic mass is 10.1. The smallest absolute Gasteiger partial charge is 0.337 e. The molecule has 1 aliphatic rings. The van der Waals surface area contributed by atoms with Gasteiger partial charge in [-0.25, -0.2) is 9.18 Å². The molecule has 20 heavy (non-hydrogen) atoms. The highest BCUT2D eigenvalue weighted by atomic mass is 32.1. The van der Waals surface area contributed by atoms with Crippen molar-refractivity contribution >= 4 is 28.7 Å². The number of nitrogens with two attached hydrogens (primary N) is 1. The van der Waals surface area contributed by atoms with Gasteiger partial charge in [0.1, 0.15) is 5.82 Å². The van der Waals surface area contributed by atoms with E-state index in [1.807, 2.05) is 16.3 Å². The maximum Gasteiger partial charge on any atom is 0.337 e. The molecule has 6 heteroatoms. The minimum Gasteiger partial charge on any atom is -0.478 e. The zero-order valence-corrected chi connectivity index (χ0v) is 11.4. The van der Waals surface area contributed by atoms with Gasteiger partial charge in [-0.05, 0) is 35.6 Å². The second-order valence-electron chi connectivity index (χ2n) is 4.74. The molecule has 3 rings (SSSR count). The molecule has 0 atom stereocenters. The Kier molecular flexibility index (Phi) is 3.10. The molecule has 0 saturated carbocycles. The molecule has 0 saturated heterocycles. The topological polar surface area (TPSA) is 66.6 Å². The fourth-order valence-corrected chi connectivity index (χ4v) is 3.35. The van der Waals surface area contributed by atoms with Crippen molar-refractivity contribution in [2.75, 3.05) is 17.2 Å². The summed E-state index contributed by atoms with van der Waals surface area (Å²) in [7, 11) is 0. The van der Waals surface area contributed by atoms with E-state index in [9.17, 15) is 9.18 Å². The highest BCUT2D eigenvalue weighted by Gasteiger charge is 2.22. The summed E-state index contributed by atoms with van der Waals surface area (Å²) >= 11 is 1.70. The number of hydrogen-bond acceptors (Lipinski definition) is 4. The van der Waals surface area contributed by atoms with E-state index in [4.69, 9.17) is 10.8 Å². The summed E-state index contributed by atoms with van der Waals surface area (Å²) in [5.74, 6) is -1.62. The normalized spacial score (nSPS) is 14.2. The fourth-order valence-electron chi connectivity index (χ4n) is 2.46. The lowest BCUT2D eigenvalue weighted by Crippen LogP contribution is -2.30. The number of nitrogens with zero attached hydrogens (tertiary/aromatic N) is 1.